The van der Waals surface area contributed by atoms with Crippen molar-refractivity contribution in [3.63, 3.8) is 0 Å². The third-order valence-corrected chi connectivity index (χ3v) is 12.6. The number of nitrogens with zero attached hydrogens (tertiary/aromatic N) is 3. The molecule has 0 radical (unpaired) electrons. The van der Waals surface area contributed by atoms with Crippen molar-refractivity contribution in [2.24, 2.45) is 0 Å². The van der Waals surface area contributed by atoms with Gasteiger partial charge in [-0.25, -0.2) is 0 Å². The number of aromatic nitrogens is 3. The number of hydrogen-bond donors (Lipinski definition) is 0. The molecule has 0 N–H and O–H groups in total. The maximum atomic E-state index is 5.45. The van der Waals surface area contributed by atoms with Gasteiger partial charge >= 0.3 is 257 Å². The van der Waals surface area contributed by atoms with Crippen molar-refractivity contribution in [3.8, 4) is 17.2 Å². The van der Waals surface area contributed by atoms with Crippen LogP contribution in [0.25, 0.3) is 89.4 Å². The number of thiophene rings is 1. The molecule has 0 spiro atoms. The van der Waals surface area contributed by atoms with Gasteiger partial charge in [-0.2, -0.15) is 0 Å². The Labute approximate surface area is 256 Å². The van der Waals surface area contributed by atoms with E-state index in [0.29, 0.717) is 0 Å². The van der Waals surface area contributed by atoms with E-state index in [-0.39, 0.29) is 14.5 Å². The van der Waals surface area contributed by atoms with Crippen LogP contribution >= 0.6 is 11.3 Å². The Morgan fingerprint density at radius 2 is 1.28 bits per heavy atom. The van der Waals surface area contributed by atoms with Gasteiger partial charge in [0.2, 0.25) is 0 Å². The normalized spacial score (nSPS) is 12.2. The third-order valence-electron chi connectivity index (χ3n) is 8.60. The molecule has 43 heavy (non-hydrogen) atoms. The van der Waals surface area contributed by atoms with Crippen LogP contribution < -0.4 is 0 Å². The van der Waals surface area contributed by atoms with Crippen molar-refractivity contribution in [3.05, 3.63) is 127 Å². The summed E-state index contributed by atoms with van der Waals surface area (Å²) in [6.07, 6.45) is 0. The maximum absolute atomic E-state index is 5.45. The van der Waals surface area contributed by atoms with Crippen LogP contribution in [0.4, 0.5) is 0 Å². The van der Waals surface area contributed by atoms with Crippen molar-refractivity contribution in [2.75, 3.05) is 0 Å². The van der Waals surface area contributed by atoms with E-state index in [1.165, 1.54) is 50.4 Å². The van der Waals surface area contributed by atoms with E-state index in [0.717, 1.165) is 39.0 Å². The van der Waals surface area contributed by atoms with Gasteiger partial charge in [-0.1, -0.05) is 0 Å². The topological polar surface area (TPSA) is 30.7 Å². The van der Waals surface area contributed by atoms with E-state index in [4.69, 9.17) is 9.97 Å². The molecule has 10 aromatic rings. The molecule has 0 atom stereocenters. The quantitative estimate of drug-likeness (QED) is 0.141. The van der Waals surface area contributed by atoms with Crippen molar-refractivity contribution < 1.29 is 0 Å². The molecule has 200 valence electrons. The van der Waals surface area contributed by atoms with Gasteiger partial charge in [0.1, 0.15) is 0 Å². The molecule has 0 saturated heterocycles. The standard InChI is InChI=1S/C38H21N3SSe/c1-2-11-24-21-25(18-17-22(24)9-1)32-29-20-19-23-10-3-4-12-26(23)33(29)40-38(39-32)41-30-15-7-5-13-27(30)35-34(41)37-36(42-35)28-14-6-8-16-31(28)43-37/h1-21H. The molecule has 5 heteroatoms. The molecule has 4 aromatic heterocycles. The van der Waals surface area contributed by atoms with Gasteiger partial charge in [0.15, 0.2) is 0 Å². The minimum absolute atomic E-state index is 0.223. The van der Waals surface area contributed by atoms with E-state index >= 15 is 0 Å². The van der Waals surface area contributed by atoms with E-state index in [2.05, 4.69) is 132 Å². The summed E-state index contributed by atoms with van der Waals surface area (Å²) in [6.45, 7) is 0. The zero-order valence-electron chi connectivity index (χ0n) is 22.8. The van der Waals surface area contributed by atoms with Gasteiger partial charge < -0.3 is 0 Å². The number of benzene rings is 6. The Morgan fingerprint density at radius 1 is 0.558 bits per heavy atom. The van der Waals surface area contributed by atoms with Gasteiger partial charge in [-0.15, -0.1) is 0 Å². The predicted molar refractivity (Wildman–Crippen MR) is 184 cm³/mol. The zero-order valence-corrected chi connectivity index (χ0v) is 25.3. The third kappa shape index (κ3) is 3.36. The van der Waals surface area contributed by atoms with Crippen molar-refractivity contribution in [2.45, 2.75) is 0 Å². The Bertz CT molecular complexity index is 2750. The van der Waals surface area contributed by atoms with Gasteiger partial charge in [0, 0.05) is 0 Å². The average molecular weight is 631 g/mol. The van der Waals surface area contributed by atoms with Crippen molar-refractivity contribution in [1.29, 1.82) is 0 Å². The van der Waals surface area contributed by atoms with Crippen LogP contribution in [0.1, 0.15) is 0 Å². The van der Waals surface area contributed by atoms with Gasteiger partial charge in [-0.3, -0.25) is 0 Å². The number of hydrogen-bond acceptors (Lipinski definition) is 3. The first-order valence-electron chi connectivity index (χ1n) is 14.3. The molecule has 4 heterocycles. The minimum atomic E-state index is 0.223. The Morgan fingerprint density at radius 3 is 2.19 bits per heavy atom. The molecule has 0 amide bonds. The first-order valence-corrected chi connectivity index (χ1v) is 16.9. The summed E-state index contributed by atoms with van der Waals surface area (Å²) in [5.74, 6) is 0.727. The monoisotopic (exact) mass is 631 g/mol. The molecule has 0 unspecified atom stereocenters. The van der Waals surface area contributed by atoms with E-state index in [1.807, 2.05) is 11.3 Å². The summed E-state index contributed by atoms with van der Waals surface area (Å²) in [5, 5.41) is 8.48. The fraction of sp³-hybridized carbons (Fsp3) is 0. The summed E-state index contributed by atoms with van der Waals surface area (Å²) < 4.78 is 7.97. The van der Waals surface area contributed by atoms with Gasteiger partial charge in [0.05, 0.1) is 0 Å². The van der Waals surface area contributed by atoms with E-state index < -0.39 is 0 Å². The molecule has 0 fully saturated rings. The van der Waals surface area contributed by atoms with Crippen LogP contribution in [0.2, 0.25) is 0 Å². The predicted octanol–water partition coefficient (Wildman–Crippen LogP) is 10.1. The van der Waals surface area contributed by atoms with Crippen molar-refractivity contribution >= 4 is 98.0 Å². The summed E-state index contributed by atoms with van der Waals surface area (Å²) >= 11 is 2.14. The number of para-hydroxylation sites is 1. The summed E-state index contributed by atoms with van der Waals surface area (Å²) in [5.41, 5.74) is 5.47. The second kappa shape index (κ2) is 8.85. The SMILES string of the molecule is c1ccc2cc(-c3nc(-n4c5ccccc5c5sc6c7ccccc7[se]c6c54)nc4c3ccc3ccccc34)ccc2c1. The van der Waals surface area contributed by atoms with E-state index in [1.54, 1.807) is 0 Å². The molecular formula is C38H21N3SSe. The molecule has 10 rings (SSSR count). The fourth-order valence-corrected chi connectivity index (χ4v) is 11.0. The van der Waals surface area contributed by atoms with E-state index in [9.17, 15) is 0 Å². The van der Waals surface area contributed by atoms with Crippen LogP contribution in [0.3, 0.4) is 0 Å². The van der Waals surface area contributed by atoms with Crippen LogP contribution in [0.5, 0.6) is 0 Å². The van der Waals surface area contributed by atoms with Crippen molar-refractivity contribution in [1.82, 2.24) is 14.5 Å². The van der Waals surface area contributed by atoms with Gasteiger partial charge in [0.25, 0.3) is 0 Å². The first kappa shape index (κ1) is 23.7. The molecular weight excluding hydrogens is 609 g/mol. The average Bonchev–Trinajstić information content (AvgIpc) is 3.71. The number of rotatable bonds is 2. The van der Waals surface area contributed by atoms with Crippen LogP contribution in [-0.2, 0) is 0 Å². The van der Waals surface area contributed by atoms with Crippen LogP contribution in [0.15, 0.2) is 127 Å². The summed E-state index contributed by atoms with van der Waals surface area (Å²) in [4.78, 5) is 10.9. The molecule has 0 aliphatic carbocycles. The Balaban J connectivity index is 1.38. The molecule has 0 bridgehead atoms. The second-order valence-electron chi connectivity index (χ2n) is 11.0. The number of fused-ring (bicyclic) bond motifs is 11. The van der Waals surface area contributed by atoms with Crippen LogP contribution in [0, 0.1) is 0 Å². The Hall–Kier alpha value is -4.80. The molecule has 0 aliphatic heterocycles. The van der Waals surface area contributed by atoms with Gasteiger partial charge in [-0.05, 0) is 0 Å². The molecule has 6 aromatic carbocycles. The fourth-order valence-electron chi connectivity index (χ4n) is 6.62. The summed E-state index contributed by atoms with van der Waals surface area (Å²) in [7, 11) is 0. The summed E-state index contributed by atoms with van der Waals surface area (Å²) in [6, 6.07) is 45.8. The molecule has 3 nitrogen and oxygen atoms in total. The Kier molecular flexibility index (Phi) is 4.89. The molecule has 0 aliphatic rings. The first-order chi connectivity index (χ1) is 21.3. The molecule has 0 saturated carbocycles. The second-order valence-corrected chi connectivity index (χ2v) is 14.2. The van der Waals surface area contributed by atoms with Crippen LogP contribution in [-0.4, -0.2) is 29.0 Å². The zero-order chi connectivity index (χ0) is 28.1.